The van der Waals surface area contributed by atoms with Crippen LogP contribution in [-0.2, 0) is 0 Å². The van der Waals surface area contributed by atoms with Crippen LogP contribution in [0.2, 0.25) is 0 Å². The van der Waals surface area contributed by atoms with E-state index in [1.807, 2.05) is 0 Å². The zero-order chi connectivity index (χ0) is 8.44. The van der Waals surface area contributed by atoms with Gasteiger partial charge in [0.15, 0.2) is 0 Å². The monoisotopic (exact) mass is 168 g/mol. The molecule has 0 atom stereocenters. The second kappa shape index (κ2) is 3.05. The summed E-state index contributed by atoms with van der Waals surface area (Å²) in [5.74, 6) is 0. The van der Waals surface area contributed by atoms with E-state index in [0.29, 0.717) is 0 Å². The molecule has 0 aromatic rings. The molecule has 2 aliphatic rings. The molecular formula is C9H16N2O. The Morgan fingerprint density at radius 2 is 1.92 bits per heavy atom. The number of fused-ring (bicyclic) bond motifs is 2. The van der Waals surface area contributed by atoms with Crippen molar-refractivity contribution in [3.8, 4) is 0 Å². The summed E-state index contributed by atoms with van der Waals surface area (Å²) < 4.78 is 0. The fourth-order valence-electron chi connectivity index (χ4n) is 2.60. The first kappa shape index (κ1) is 8.05. The lowest BCUT2D eigenvalue weighted by Gasteiger charge is -2.44. The molecule has 2 bridgehead atoms. The topological polar surface area (TPSA) is 35.8 Å². The summed E-state index contributed by atoms with van der Waals surface area (Å²) in [6, 6.07) is 0. The van der Waals surface area contributed by atoms with Crippen molar-refractivity contribution in [2.75, 3.05) is 19.6 Å². The molecule has 3 heteroatoms. The van der Waals surface area contributed by atoms with Gasteiger partial charge in [-0.3, -0.25) is 0 Å². The van der Waals surface area contributed by atoms with Gasteiger partial charge in [0.25, 0.3) is 0 Å². The summed E-state index contributed by atoms with van der Waals surface area (Å²) in [5, 5.41) is 11.8. The van der Waals surface area contributed by atoms with E-state index in [0.717, 1.165) is 6.54 Å². The van der Waals surface area contributed by atoms with E-state index in [2.05, 4.69) is 10.1 Å². The van der Waals surface area contributed by atoms with Crippen molar-refractivity contribution in [2.24, 2.45) is 10.6 Å². The molecule has 2 saturated heterocycles. The quantitative estimate of drug-likeness (QED) is 0.364. The number of piperidine rings is 2. The first-order valence-electron chi connectivity index (χ1n) is 4.76. The highest BCUT2D eigenvalue weighted by atomic mass is 16.4. The number of rotatable bonds is 1. The average Bonchev–Trinajstić information content (AvgIpc) is 2.04. The fourth-order valence-corrected chi connectivity index (χ4v) is 2.60. The second-order valence-electron chi connectivity index (χ2n) is 4.09. The van der Waals surface area contributed by atoms with Crippen LogP contribution in [0.15, 0.2) is 5.16 Å². The molecule has 0 aromatic carbocycles. The van der Waals surface area contributed by atoms with Crippen molar-refractivity contribution in [1.29, 1.82) is 0 Å². The molecule has 2 aliphatic heterocycles. The molecule has 0 saturated carbocycles. The second-order valence-corrected chi connectivity index (χ2v) is 4.09. The smallest absolute Gasteiger partial charge is 0.0510 e. The van der Waals surface area contributed by atoms with Gasteiger partial charge < -0.3 is 10.1 Å². The van der Waals surface area contributed by atoms with Crippen molar-refractivity contribution < 1.29 is 5.21 Å². The summed E-state index contributed by atoms with van der Waals surface area (Å²) in [5.41, 5.74) is 0.214. The minimum Gasteiger partial charge on any atom is -0.411 e. The predicted molar refractivity (Wildman–Crippen MR) is 47.6 cm³/mol. The van der Waals surface area contributed by atoms with Crippen molar-refractivity contribution in [1.82, 2.24) is 4.90 Å². The number of nitrogens with zero attached hydrogens (tertiary/aromatic N) is 2. The number of hydrogen-bond acceptors (Lipinski definition) is 3. The van der Waals surface area contributed by atoms with Crippen LogP contribution >= 0.6 is 0 Å². The Labute approximate surface area is 73.1 Å². The van der Waals surface area contributed by atoms with E-state index >= 15 is 0 Å². The molecule has 0 spiro atoms. The van der Waals surface area contributed by atoms with Crippen molar-refractivity contribution in [2.45, 2.75) is 25.7 Å². The van der Waals surface area contributed by atoms with Crippen LogP contribution in [0.3, 0.4) is 0 Å². The van der Waals surface area contributed by atoms with Gasteiger partial charge in [-0.15, -0.1) is 5.16 Å². The summed E-state index contributed by atoms with van der Waals surface area (Å²) in [6.45, 7) is 3.58. The molecule has 3 nitrogen and oxygen atoms in total. The van der Waals surface area contributed by atoms with Gasteiger partial charge in [0.05, 0.1) is 6.21 Å². The van der Waals surface area contributed by atoms with Crippen LogP contribution in [-0.4, -0.2) is 36.0 Å². The molecule has 2 rings (SSSR count). The van der Waals surface area contributed by atoms with Crippen LogP contribution in [0.4, 0.5) is 0 Å². The number of oxime groups is 1. The maximum atomic E-state index is 8.58. The maximum Gasteiger partial charge on any atom is 0.0510 e. The molecule has 2 fully saturated rings. The summed E-state index contributed by atoms with van der Waals surface area (Å²) in [7, 11) is 0. The normalized spacial score (nSPS) is 41.8. The Kier molecular flexibility index (Phi) is 2.05. The minimum atomic E-state index is 0.214. The molecule has 0 aliphatic carbocycles. The summed E-state index contributed by atoms with van der Waals surface area (Å²) >= 11 is 0. The van der Waals surface area contributed by atoms with Gasteiger partial charge >= 0.3 is 0 Å². The van der Waals surface area contributed by atoms with Gasteiger partial charge in [-0.05, 0) is 38.8 Å². The van der Waals surface area contributed by atoms with E-state index in [4.69, 9.17) is 5.21 Å². The molecule has 0 unspecified atom stereocenters. The van der Waals surface area contributed by atoms with E-state index in [1.54, 1.807) is 6.21 Å². The first-order valence-corrected chi connectivity index (χ1v) is 4.76. The Balaban J connectivity index is 2.11. The van der Waals surface area contributed by atoms with E-state index in [1.165, 1.54) is 38.8 Å². The molecule has 0 amide bonds. The molecule has 0 radical (unpaired) electrons. The Hall–Kier alpha value is -0.570. The van der Waals surface area contributed by atoms with Crippen molar-refractivity contribution in [3.05, 3.63) is 0 Å². The van der Waals surface area contributed by atoms with E-state index in [-0.39, 0.29) is 5.41 Å². The van der Waals surface area contributed by atoms with Crippen LogP contribution < -0.4 is 0 Å². The van der Waals surface area contributed by atoms with E-state index < -0.39 is 0 Å². The van der Waals surface area contributed by atoms with Crippen LogP contribution in [0, 0.1) is 5.41 Å². The van der Waals surface area contributed by atoms with Crippen molar-refractivity contribution >= 4 is 6.21 Å². The van der Waals surface area contributed by atoms with E-state index in [9.17, 15) is 0 Å². The highest BCUT2D eigenvalue weighted by Crippen LogP contribution is 2.36. The third-order valence-corrected chi connectivity index (χ3v) is 3.17. The first-order chi connectivity index (χ1) is 5.85. The largest absolute Gasteiger partial charge is 0.411 e. The van der Waals surface area contributed by atoms with Gasteiger partial charge in [-0.2, -0.15) is 0 Å². The van der Waals surface area contributed by atoms with Gasteiger partial charge in [-0.1, -0.05) is 0 Å². The SMILES string of the molecule is O/N=C/C12CCCN(CCC1)C2. The Bertz CT molecular complexity index is 181. The van der Waals surface area contributed by atoms with Crippen molar-refractivity contribution in [3.63, 3.8) is 0 Å². The highest BCUT2D eigenvalue weighted by molar-refractivity contribution is 5.65. The van der Waals surface area contributed by atoms with Gasteiger partial charge in [0, 0.05) is 12.0 Å². The summed E-state index contributed by atoms with van der Waals surface area (Å²) in [6.07, 6.45) is 6.68. The lowest BCUT2D eigenvalue weighted by molar-refractivity contribution is 0.0883. The third kappa shape index (κ3) is 1.33. The maximum absolute atomic E-state index is 8.58. The predicted octanol–water partition coefficient (Wildman–Crippen LogP) is 1.32. The zero-order valence-corrected chi connectivity index (χ0v) is 7.37. The lowest BCUT2D eigenvalue weighted by atomic mass is 9.75. The molecule has 12 heavy (non-hydrogen) atoms. The van der Waals surface area contributed by atoms with Crippen LogP contribution in [0.25, 0.3) is 0 Å². The number of hydrogen-bond donors (Lipinski definition) is 1. The molecule has 1 N–H and O–H groups in total. The molecule has 2 heterocycles. The molecule has 0 aromatic heterocycles. The third-order valence-electron chi connectivity index (χ3n) is 3.17. The fraction of sp³-hybridized carbons (Fsp3) is 0.889. The Morgan fingerprint density at radius 1 is 1.25 bits per heavy atom. The van der Waals surface area contributed by atoms with Gasteiger partial charge in [0.2, 0.25) is 0 Å². The highest BCUT2D eigenvalue weighted by Gasteiger charge is 2.36. The average molecular weight is 168 g/mol. The lowest BCUT2D eigenvalue weighted by Crippen LogP contribution is -2.48. The Morgan fingerprint density at radius 3 is 2.50 bits per heavy atom. The van der Waals surface area contributed by atoms with Crippen LogP contribution in [0.5, 0.6) is 0 Å². The summed E-state index contributed by atoms with van der Waals surface area (Å²) in [4.78, 5) is 2.48. The standard InChI is InChI=1S/C9H16N2O/c12-10-7-9-3-1-5-11(8-9)6-2-4-9/h7,12H,1-6,8H2/b10-7+. The van der Waals surface area contributed by atoms with Gasteiger partial charge in [0.1, 0.15) is 0 Å². The molecule has 68 valence electrons. The van der Waals surface area contributed by atoms with Gasteiger partial charge in [-0.25, -0.2) is 0 Å². The molecular weight excluding hydrogens is 152 g/mol. The zero-order valence-electron chi connectivity index (χ0n) is 7.37. The minimum absolute atomic E-state index is 0.214. The van der Waals surface area contributed by atoms with Crippen LogP contribution in [0.1, 0.15) is 25.7 Å².